The Hall–Kier alpha value is -2.50. The second-order valence-corrected chi connectivity index (χ2v) is 7.93. The Morgan fingerprint density at radius 1 is 0.667 bits per heavy atom. The van der Waals surface area contributed by atoms with Gasteiger partial charge in [0.05, 0.1) is 0 Å². The summed E-state index contributed by atoms with van der Waals surface area (Å²) in [6.45, 7) is 25.1. The fourth-order valence-electron chi connectivity index (χ4n) is 1.88. The number of hydrogen-bond donors (Lipinski definition) is 0. The maximum Gasteiger partial charge on any atom is 0.281 e. The van der Waals surface area contributed by atoms with E-state index >= 15 is 0 Å². The van der Waals surface area contributed by atoms with Crippen molar-refractivity contribution in [1.29, 1.82) is 0 Å². The average molecular weight is 513 g/mol. The lowest BCUT2D eigenvalue weighted by Gasteiger charge is -1.87. The minimum absolute atomic E-state index is 0.273. The Morgan fingerprint density at radius 3 is 1.17 bits per heavy atom. The van der Waals surface area contributed by atoms with Crippen molar-refractivity contribution in [1.82, 2.24) is 0 Å². The molecule has 0 bridgehead atoms. The van der Waals surface area contributed by atoms with Gasteiger partial charge in [0.2, 0.25) is 0 Å². The summed E-state index contributed by atoms with van der Waals surface area (Å²) in [6, 6.07) is 0. The standard InChI is InChI=1S/C5H8O.C5H6O.C4H6O2.C4H4O2.4C3H8/c2*6-5-3-1-2-4-5;2*1-4-5-2-3-6-4;4*1-3-2/h1-4H2;1,3H,2,4H2;1-3H2;2-3H,1H2;4*3H2,1-2H3. The molecule has 0 unspecified atom stereocenters. The Balaban J connectivity index is -0.000000167. The number of ketones is 2. The molecule has 0 atom stereocenters. The Kier molecular flexibility index (Phi) is 41.9. The van der Waals surface area contributed by atoms with Gasteiger partial charge < -0.3 is 18.9 Å². The van der Waals surface area contributed by atoms with Crippen LogP contribution in [0.3, 0.4) is 0 Å². The van der Waals surface area contributed by atoms with Gasteiger partial charge in [-0.2, -0.15) is 0 Å². The third-order valence-electron chi connectivity index (χ3n) is 3.09. The molecule has 0 amide bonds. The van der Waals surface area contributed by atoms with E-state index in [0.717, 1.165) is 38.5 Å². The van der Waals surface area contributed by atoms with Gasteiger partial charge in [-0.25, -0.2) is 0 Å². The summed E-state index contributed by atoms with van der Waals surface area (Å²) in [6.07, 6.45) is 17.1. The van der Waals surface area contributed by atoms with E-state index in [-0.39, 0.29) is 5.78 Å². The van der Waals surface area contributed by atoms with E-state index in [9.17, 15) is 9.59 Å². The van der Waals surface area contributed by atoms with Gasteiger partial charge in [-0.05, 0) is 38.5 Å². The number of carbonyl (C=O) groups is 2. The zero-order valence-corrected chi connectivity index (χ0v) is 24.7. The van der Waals surface area contributed by atoms with Gasteiger partial charge in [-0.15, -0.1) is 0 Å². The van der Waals surface area contributed by atoms with Crippen LogP contribution in [-0.2, 0) is 28.5 Å². The summed E-state index contributed by atoms with van der Waals surface area (Å²) in [4.78, 5) is 20.4. The first kappa shape index (κ1) is 40.7. The van der Waals surface area contributed by atoms with Crippen molar-refractivity contribution in [2.24, 2.45) is 0 Å². The van der Waals surface area contributed by atoms with E-state index in [2.05, 4.69) is 78.0 Å². The molecular formula is C30H56O6. The molecule has 2 aliphatic heterocycles. The predicted molar refractivity (Wildman–Crippen MR) is 152 cm³/mol. The normalized spacial score (nSPS) is 15.1. The molecular weight excluding hydrogens is 456 g/mol. The van der Waals surface area contributed by atoms with Crippen LogP contribution >= 0.6 is 0 Å². The van der Waals surface area contributed by atoms with Crippen LogP contribution in [0.4, 0.5) is 0 Å². The summed E-state index contributed by atoms with van der Waals surface area (Å²) in [5.74, 6) is 1.52. The molecule has 1 saturated carbocycles. The molecule has 0 aromatic heterocycles. The van der Waals surface area contributed by atoms with Crippen LogP contribution in [-0.4, -0.2) is 24.8 Å². The summed E-state index contributed by atoms with van der Waals surface area (Å²) in [5, 5.41) is 0. The number of carbonyl (C=O) groups excluding carboxylic acids is 2. The van der Waals surface area contributed by atoms with Gasteiger partial charge in [0, 0.05) is 19.3 Å². The van der Waals surface area contributed by atoms with Gasteiger partial charge in [0.1, 0.15) is 31.5 Å². The number of rotatable bonds is 0. The van der Waals surface area contributed by atoms with E-state index < -0.39 is 0 Å². The fraction of sp³-hybridized carbons (Fsp3) is 0.667. The third-order valence-corrected chi connectivity index (χ3v) is 3.09. The summed E-state index contributed by atoms with van der Waals surface area (Å²) >= 11 is 0. The molecule has 36 heavy (non-hydrogen) atoms. The van der Waals surface area contributed by atoms with Crippen molar-refractivity contribution in [2.75, 3.05) is 13.2 Å². The van der Waals surface area contributed by atoms with Crippen LogP contribution in [0.1, 0.15) is 120 Å². The van der Waals surface area contributed by atoms with Crippen LogP contribution in [0.25, 0.3) is 0 Å². The van der Waals surface area contributed by atoms with Crippen molar-refractivity contribution in [3.05, 3.63) is 49.7 Å². The minimum Gasteiger partial charge on any atom is -0.462 e. The molecule has 0 N–H and O–H groups in total. The van der Waals surface area contributed by atoms with Crippen LogP contribution in [0.2, 0.25) is 0 Å². The van der Waals surface area contributed by atoms with E-state index in [0.29, 0.717) is 30.9 Å². The van der Waals surface area contributed by atoms with Gasteiger partial charge in [0.25, 0.3) is 11.9 Å². The van der Waals surface area contributed by atoms with E-state index in [1.807, 2.05) is 6.08 Å². The quantitative estimate of drug-likeness (QED) is 0.322. The molecule has 4 rings (SSSR count). The van der Waals surface area contributed by atoms with Gasteiger partial charge >= 0.3 is 0 Å². The van der Waals surface area contributed by atoms with Crippen molar-refractivity contribution >= 4 is 11.6 Å². The molecule has 0 radical (unpaired) electrons. The van der Waals surface area contributed by atoms with Gasteiger partial charge in [-0.1, -0.05) is 87.1 Å². The largest absolute Gasteiger partial charge is 0.462 e. The number of hydrogen-bond acceptors (Lipinski definition) is 6. The molecule has 4 aliphatic rings. The predicted octanol–water partition coefficient (Wildman–Crippen LogP) is 9.18. The first-order chi connectivity index (χ1) is 17.2. The topological polar surface area (TPSA) is 71.1 Å². The first-order valence-corrected chi connectivity index (χ1v) is 13.6. The second-order valence-electron chi connectivity index (χ2n) is 7.93. The Labute approximate surface area is 222 Å². The van der Waals surface area contributed by atoms with Crippen LogP contribution in [0.15, 0.2) is 49.7 Å². The number of allylic oxidation sites excluding steroid dienone is 2. The summed E-state index contributed by atoms with van der Waals surface area (Å²) in [5.41, 5.74) is 0. The molecule has 0 spiro atoms. The molecule has 2 aliphatic carbocycles. The summed E-state index contributed by atoms with van der Waals surface area (Å²) < 4.78 is 18.6. The highest BCUT2D eigenvalue weighted by atomic mass is 16.7. The highest BCUT2D eigenvalue weighted by molar-refractivity contribution is 5.91. The highest BCUT2D eigenvalue weighted by Crippen LogP contribution is 2.11. The molecule has 6 nitrogen and oxygen atoms in total. The van der Waals surface area contributed by atoms with Crippen molar-refractivity contribution in [3.8, 4) is 0 Å². The Morgan fingerprint density at radius 2 is 1.06 bits per heavy atom. The molecule has 6 heteroatoms. The maximum atomic E-state index is 10.2. The lowest BCUT2D eigenvalue weighted by molar-refractivity contribution is -0.117. The lowest BCUT2D eigenvalue weighted by atomic mass is 10.3. The SMILES string of the molecule is C=C1OC=CO1.C=C1OCCO1.CCC.CCC.CCC.CCC.O=C1C=CCC1.O=C1CCCC1. The summed E-state index contributed by atoms with van der Waals surface area (Å²) in [7, 11) is 0. The monoisotopic (exact) mass is 512 g/mol. The third kappa shape index (κ3) is 45.1. The Bertz CT molecular complexity index is 507. The molecule has 0 aromatic carbocycles. The first-order valence-electron chi connectivity index (χ1n) is 13.6. The fourth-order valence-corrected chi connectivity index (χ4v) is 1.88. The maximum absolute atomic E-state index is 10.2. The van der Waals surface area contributed by atoms with Crippen LogP contribution < -0.4 is 0 Å². The zero-order valence-electron chi connectivity index (χ0n) is 24.7. The van der Waals surface area contributed by atoms with Gasteiger partial charge in [0.15, 0.2) is 5.78 Å². The minimum atomic E-state index is 0.273. The molecule has 2 fully saturated rings. The van der Waals surface area contributed by atoms with Crippen LogP contribution in [0, 0.1) is 0 Å². The van der Waals surface area contributed by atoms with Crippen LogP contribution in [0.5, 0.6) is 0 Å². The zero-order chi connectivity index (χ0) is 28.5. The van der Waals surface area contributed by atoms with E-state index in [4.69, 9.17) is 9.47 Å². The van der Waals surface area contributed by atoms with Crippen molar-refractivity contribution in [3.63, 3.8) is 0 Å². The molecule has 1 saturated heterocycles. The second kappa shape index (κ2) is 37.1. The van der Waals surface area contributed by atoms with Crippen molar-refractivity contribution < 1.29 is 28.5 Å². The van der Waals surface area contributed by atoms with Gasteiger partial charge in [-0.3, -0.25) is 9.59 Å². The molecule has 2 heterocycles. The van der Waals surface area contributed by atoms with E-state index in [1.54, 1.807) is 6.08 Å². The molecule has 212 valence electrons. The highest BCUT2D eigenvalue weighted by Gasteiger charge is 2.07. The number of ether oxygens (including phenoxy) is 4. The average Bonchev–Trinajstić information content (AvgIpc) is 3.64. The van der Waals surface area contributed by atoms with E-state index in [1.165, 1.54) is 38.2 Å². The van der Waals surface area contributed by atoms with Crippen molar-refractivity contribution in [2.45, 2.75) is 120 Å². The number of Topliss-reactive ketones (excluding diaryl/α,β-unsaturated/α-hetero) is 1. The molecule has 0 aromatic rings. The lowest BCUT2D eigenvalue weighted by Crippen LogP contribution is -1.81. The smallest absolute Gasteiger partial charge is 0.281 e.